The molecule has 3 rings (SSSR count). The van der Waals surface area contributed by atoms with Crippen LogP contribution in [0.1, 0.15) is 24.8 Å². The predicted molar refractivity (Wildman–Crippen MR) is 83.5 cm³/mol. The molecule has 0 saturated heterocycles. The van der Waals surface area contributed by atoms with Crippen LogP contribution >= 0.6 is 11.8 Å². The van der Waals surface area contributed by atoms with E-state index in [9.17, 15) is 0 Å². The fraction of sp³-hybridized carbons (Fsp3) is 0.438. The van der Waals surface area contributed by atoms with Crippen LogP contribution in [-0.4, -0.2) is 22.5 Å². The topological polar surface area (TPSA) is 24.9 Å². The van der Waals surface area contributed by atoms with Crippen molar-refractivity contribution < 1.29 is 0 Å². The van der Waals surface area contributed by atoms with Gasteiger partial charge in [-0.2, -0.15) is 11.8 Å². The number of nitrogens with one attached hydrogen (secondary N) is 1. The molecule has 2 aromatic rings. The molecule has 19 heavy (non-hydrogen) atoms. The Morgan fingerprint density at radius 2 is 2.21 bits per heavy atom. The van der Waals surface area contributed by atoms with E-state index in [0.717, 1.165) is 11.8 Å². The molecular formula is C16H20N2S. The SMILES string of the molecule is CSC1CCC(NCc2ccc3cnccc3c2)C1. The van der Waals surface area contributed by atoms with Crippen LogP contribution < -0.4 is 5.32 Å². The molecule has 1 aromatic carbocycles. The number of hydrogen-bond donors (Lipinski definition) is 1. The molecule has 2 unspecified atom stereocenters. The van der Waals surface area contributed by atoms with Crippen molar-refractivity contribution >= 4 is 22.5 Å². The smallest absolute Gasteiger partial charge is 0.0346 e. The zero-order valence-corrected chi connectivity index (χ0v) is 12.1. The highest BCUT2D eigenvalue weighted by Gasteiger charge is 2.23. The minimum atomic E-state index is 0.700. The Morgan fingerprint density at radius 1 is 1.26 bits per heavy atom. The van der Waals surface area contributed by atoms with Crippen LogP contribution in [0.5, 0.6) is 0 Å². The molecule has 3 heteroatoms. The number of hydrogen-bond acceptors (Lipinski definition) is 3. The van der Waals surface area contributed by atoms with Crippen molar-refractivity contribution in [3.8, 4) is 0 Å². The maximum Gasteiger partial charge on any atom is 0.0346 e. The third-order valence-corrected chi connectivity index (χ3v) is 5.11. The van der Waals surface area contributed by atoms with Gasteiger partial charge in [0.1, 0.15) is 0 Å². The Hall–Kier alpha value is -1.06. The van der Waals surface area contributed by atoms with Gasteiger partial charge in [-0.25, -0.2) is 0 Å². The largest absolute Gasteiger partial charge is 0.310 e. The highest BCUT2D eigenvalue weighted by atomic mass is 32.2. The first-order valence-corrected chi connectivity index (χ1v) is 8.23. The molecule has 0 bridgehead atoms. The summed E-state index contributed by atoms with van der Waals surface area (Å²) >= 11 is 2.01. The molecule has 0 amide bonds. The Balaban J connectivity index is 1.62. The van der Waals surface area contributed by atoms with E-state index < -0.39 is 0 Å². The molecule has 1 fully saturated rings. The van der Waals surface area contributed by atoms with Gasteiger partial charge in [0.25, 0.3) is 0 Å². The number of pyridine rings is 1. The lowest BCUT2D eigenvalue weighted by Gasteiger charge is -2.13. The second-order valence-electron chi connectivity index (χ2n) is 5.31. The third kappa shape index (κ3) is 3.10. The van der Waals surface area contributed by atoms with Crippen molar-refractivity contribution in [1.82, 2.24) is 10.3 Å². The van der Waals surface area contributed by atoms with Crippen LogP contribution in [0.2, 0.25) is 0 Å². The van der Waals surface area contributed by atoms with Gasteiger partial charge in [-0.3, -0.25) is 4.98 Å². The summed E-state index contributed by atoms with van der Waals surface area (Å²) in [6.45, 7) is 0.976. The predicted octanol–water partition coefficient (Wildman–Crippen LogP) is 3.61. The van der Waals surface area contributed by atoms with E-state index in [4.69, 9.17) is 0 Å². The van der Waals surface area contributed by atoms with Gasteiger partial charge in [-0.15, -0.1) is 0 Å². The van der Waals surface area contributed by atoms with Crippen molar-refractivity contribution in [3.63, 3.8) is 0 Å². The molecule has 0 aliphatic heterocycles. The van der Waals surface area contributed by atoms with E-state index in [-0.39, 0.29) is 0 Å². The van der Waals surface area contributed by atoms with Gasteiger partial charge in [-0.05, 0) is 48.6 Å². The summed E-state index contributed by atoms with van der Waals surface area (Å²) in [7, 11) is 0. The molecule has 0 radical (unpaired) electrons. The molecule has 1 aliphatic rings. The molecule has 1 heterocycles. The first-order chi connectivity index (χ1) is 9.35. The number of nitrogens with zero attached hydrogens (tertiary/aromatic N) is 1. The first-order valence-electron chi connectivity index (χ1n) is 6.94. The van der Waals surface area contributed by atoms with E-state index in [1.54, 1.807) is 0 Å². The lowest BCUT2D eigenvalue weighted by atomic mass is 10.1. The van der Waals surface area contributed by atoms with E-state index in [2.05, 4.69) is 40.8 Å². The molecular weight excluding hydrogens is 252 g/mol. The monoisotopic (exact) mass is 272 g/mol. The first kappa shape index (κ1) is 12.9. The minimum absolute atomic E-state index is 0.700. The normalized spacial score (nSPS) is 23.0. The van der Waals surface area contributed by atoms with Gasteiger partial charge < -0.3 is 5.32 Å². The summed E-state index contributed by atoms with van der Waals surface area (Å²) in [6, 6.07) is 9.42. The number of fused-ring (bicyclic) bond motifs is 1. The van der Waals surface area contributed by atoms with Gasteiger partial charge in [0, 0.05) is 35.6 Å². The van der Waals surface area contributed by atoms with Crippen LogP contribution in [0, 0.1) is 0 Å². The van der Waals surface area contributed by atoms with Crippen LogP contribution in [0.15, 0.2) is 36.7 Å². The van der Waals surface area contributed by atoms with E-state index in [0.29, 0.717) is 6.04 Å². The van der Waals surface area contributed by atoms with Crippen molar-refractivity contribution in [2.75, 3.05) is 6.26 Å². The van der Waals surface area contributed by atoms with Crippen LogP contribution in [-0.2, 0) is 6.54 Å². The molecule has 1 aliphatic carbocycles. The quantitative estimate of drug-likeness (QED) is 0.920. The standard InChI is InChI=1S/C16H20N2S/c1-19-16-5-4-15(9-16)18-10-12-2-3-14-11-17-7-6-13(14)8-12/h2-3,6-8,11,15-16,18H,4-5,9-10H2,1H3. The van der Waals surface area contributed by atoms with E-state index >= 15 is 0 Å². The Kier molecular flexibility index (Phi) is 4.04. The van der Waals surface area contributed by atoms with Crippen molar-refractivity contribution in [2.24, 2.45) is 0 Å². The highest BCUT2D eigenvalue weighted by molar-refractivity contribution is 7.99. The Labute approximate surface area is 119 Å². The summed E-state index contributed by atoms with van der Waals surface area (Å²) < 4.78 is 0. The van der Waals surface area contributed by atoms with Gasteiger partial charge in [-0.1, -0.05) is 12.1 Å². The van der Waals surface area contributed by atoms with Crippen molar-refractivity contribution in [2.45, 2.75) is 37.1 Å². The van der Waals surface area contributed by atoms with Gasteiger partial charge in [0.15, 0.2) is 0 Å². The maximum atomic E-state index is 4.15. The average Bonchev–Trinajstić information content (AvgIpc) is 2.93. The fourth-order valence-corrected chi connectivity index (χ4v) is 3.64. The van der Waals surface area contributed by atoms with Crippen molar-refractivity contribution in [3.05, 3.63) is 42.2 Å². The molecule has 2 atom stereocenters. The number of rotatable bonds is 4. The summed E-state index contributed by atoms with van der Waals surface area (Å²) in [5.74, 6) is 0. The lowest BCUT2D eigenvalue weighted by Crippen LogP contribution is -2.26. The van der Waals surface area contributed by atoms with Gasteiger partial charge in [0.2, 0.25) is 0 Å². The summed E-state index contributed by atoms with van der Waals surface area (Å²) in [4.78, 5) is 4.15. The molecule has 1 saturated carbocycles. The zero-order valence-electron chi connectivity index (χ0n) is 11.3. The fourth-order valence-electron chi connectivity index (χ4n) is 2.84. The van der Waals surface area contributed by atoms with Gasteiger partial charge in [0.05, 0.1) is 0 Å². The molecule has 2 nitrogen and oxygen atoms in total. The van der Waals surface area contributed by atoms with Crippen LogP contribution in [0.3, 0.4) is 0 Å². The van der Waals surface area contributed by atoms with Crippen LogP contribution in [0.4, 0.5) is 0 Å². The number of thioether (sulfide) groups is 1. The minimum Gasteiger partial charge on any atom is -0.310 e. The second-order valence-corrected chi connectivity index (χ2v) is 6.44. The average molecular weight is 272 g/mol. The Morgan fingerprint density at radius 3 is 3.05 bits per heavy atom. The lowest BCUT2D eigenvalue weighted by molar-refractivity contribution is 0.525. The highest BCUT2D eigenvalue weighted by Crippen LogP contribution is 2.28. The summed E-state index contributed by atoms with van der Waals surface area (Å²) in [6.07, 6.45) is 10.0. The van der Waals surface area contributed by atoms with E-state index in [1.807, 2.05) is 24.2 Å². The molecule has 100 valence electrons. The molecule has 1 aromatic heterocycles. The summed E-state index contributed by atoms with van der Waals surface area (Å²) in [5, 5.41) is 7.06. The van der Waals surface area contributed by atoms with Crippen LogP contribution in [0.25, 0.3) is 10.8 Å². The maximum absolute atomic E-state index is 4.15. The molecule has 1 N–H and O–H groups in total. The molecule has 0 spiro atoms. The second kappa shape index (κ2) is 5.93. The summed E-state index contributed by atoms with van der Waals surface area (Å²) in [5.41, 5.74) is 1.37. The zero-order chi connectivity index (χ0) is 13.1. The van der Waals surface area contributed by atoms with Gasteiger partial charge >= 0.3 is 0 Å². The number of aromatic nitrogens is 1. The number of benzene rings is 1. The Bertz CT molecular complexity index is 555. The van der Waals surface area contributed by atoms with Crippen molar-refractivity contribution in [1.29, 1.82) is 0 Å². The van der Waals surface area contributed by atoms with E-state index in [1.165, 1.54) is 35.6 Å². The third-order valence-electron chi connectivity index (χ3n) is 4.02.